The molecule has 0 aliphatic heterocycles. The smallest absolute Gasteiger partial charge is 0.319 e. The Hall–Kier alpha value is -2.44. The Balaban J connectivity index is 1.82. The first-order valence-corrected chi connectivity index (χ1v) is 5.61. The van der Waals surface area contributed by atoms with Crippen LogP contribution in [-0.4, -0.2) is 22.1 Å². The van der Waals surface area contributed by atoms with Crippen LogP contribution in [0, 0.1) is 11.6 Å². The Kier molecular flexibility index (Phi) is 4.07. The number of hydrogen-bond donors (Lipinski definition) is 2. The molecule has 0 bridgehead atoms. The van der Waals surface area contributed by atoms with Crippen LogP contribution in [0.1, 0.15) is 0 Å². The van der Waals surface area contributed by atoms with E-state index in [1.807, 2.05) is 0 Å². The molecular formula is C12H12F2N4O. The number of anilines is 1. The number of benzene rings is 1. The molecule has 2 N–H and O–H groups in total. The molecule has 0 spiro atoms. The van der Waals surface area contributed by atoms with Crippen LogP contribution in [0.3, 0.4) is 0 Å². The second-order valence-electron chi connectivity index (χ2n) is 3.81. The van der Waals surface area contributed by atoms with Crippen molar-refractivity contribution in [3.63, 3.8) is 0 Å². The zero-order valence-corrected chi connectivity index (χ0v) is 9.94. The summed E-state index contributed by atoms with van der Waals surface area (Å²) in [5.41, 5.74) is -0.194. The number of nitrogens with zero attached hydrogens (tertiary/aromatic N) is 2. The lowest BCUT2D eigenvalue weighted by Gasteiger charge is -2.08. The van der Waals surface area contributed by atoms with Crippen molar-refractivity contribution in [3.8, 4) is 0 Å². The Morgan fingerprint density at radius 3 is 2.95 bits per heavy atom. The number of urea groups is 1. The molecule has 2 rings (SSSR count). The monoisotopic (exact) mass is 266 g/mol. The molecule has 5 nitrogen and oxygen atoms in total. The Bertz CT molecular complexity index is 557. The second kappa shape index (κ2) is 5.94. The number of hydrogen-bond acceptors (Lipinski definition) is 2. The number of carbonyl (C=O) groups excluding carboxylic acids is 1. The van der Waals surface area contributed by atoms with Gasteiger partial charge < -0.3 is 15.2 Å². The number of imidazole rings is 1. The first-order valence-electron chi connectivity index (χ1n) is 5.61. The molecule has 7 heteroatoms. The summed E-state index contributed by atoms with van der Waals surface area (Å²) < 4.78 is 27.9. The van der Waals surface area contributed by atoms with Gasteiger partial charge in [0.05, 0.1) is 12.0 Å². The average molecular weight is 266 g/mol. The Labute approximate surface area is 108 Å². The van der Waals surface area contributed by atoms with Gasteiger partial charge in [0.15, 0.2) is 0 Å². The summed E-state index contributed by atoms with van der Waals surface area (Å²) in [7, 11) is 0. The van der Waals surface area contributed by atoms with E-state index >= 15 is 0 Å². The fraction of sp³-hybridized carbons (Fsp3) is 0.167. The van der Waals surface area contributed by atoms with Crippen LogP contribution in [0.15, 0.2) is 36.9 Å². The molecule has 0 atom stereocenters. The number of carbonyl (C=O) groups is 1. The molecule has 0 saturated carbocycles. The van der Waals surface area contributed by atoms with Crippen molar-refractivity contribution in [1.82, 2.24) is 14.9 Å². The predicted molar refractivity (Wildman–Crippen MR) is 65.6 cm³/mol. The van der Waals surface area contributed by atoms with Gasteiger partial charge in [0.1, 0.15) is 11.6 Å². The molecule has 0 saturated heterocycles. The highest BCUT2D eigenvalue weighted by molar-refractivity contribution is 5.89. The molecule has 0 aliphatic rings. The molecule has 19 heavy (non-hydrogen) atoms. The minimum Gasteiger partial charge on any atom is -0.336 e. The third kappa shape index (κ3) is 3.77. The maximum absolute atomic E-state index is 13.3. The van der Waals surface area contributed by atoms with E-state index in [9.17, 15) is 13.6 Å². The highest BCUT2D eigenvalue weighted by Crippen LogP contribution is 2.14. The van der Waals surface area contributed by atoms with Crippen LogP contribution in [0.4, 0.5) is 19.3 Å². The van der Waals surface area contributed by atoms with Crippen LogP contribution < -0.4 is 10.6 Å². The van der Waals surface area contributed by atoms with Crippen molar-refractivity contribution in [2.24, 2.45) is 0 Å². The Morgan fingerprint density at radius 2 is 2.21 bits per heavy atom. The number of nitrogens with one attached hydrogen (secondary N) is 2. The van der Waals surface area contributed by atoms with Crippen LogP contribution >= 0.6 is 0 Å². The van der Waals surface area contributed by atoms with Crippen molar-refractivity contribution in [1.29, 1.82) is 0 Å². The molecule has 1 aromatic heterocycles. The Morgan fingerprint density at radius 1 is 1.37 bits per heavy atom. The van der Waals surface area contributed by atoms with Gasteiger partial charge in [-0.1, -0.05) is 0 Å². The quantitative estimate of drug-likeness (QED) is 0.889. The number of halogens is 2. The van der Waals surface area contributed by atoms with Gasteiger partial charge in [-0.25, -0.2) is 18.6 Å². The fourth-order valence-electron chi connectivity index (χ4n) is 1.48. The minimum atomic E-state index is -0.689. The van der Waals surface area contributed by atoms with Gasteiger partial charge in [0, 0.05) is 31.5 Å². The van der Waals surface area contributed by atoms with E-state index in [0.717, 1.165) is 18.2 Å². The highest BCUT2D eigenvalue weighted by atomic mass is 19.1. The van der Waals surface area contributed by atoms with Gasteiger partial charge in [-0.3, -0.25) is 0 Å². The van der Waals surface area contributed by atoms with E-state index in [1.54, 1.807) is 23.3 Å². The topological polar surface area (TPSA) is 59.0 Å². The summed E-state index contributed by atoms with van der Waals surface area (Å²) in [6, 6.07) is 2.27. The van der Waals surface area contributed by atoms with Crippen LogP contribution in [-0.2, 0) is 6.54 Å². The maximum Gasteiger partial charge on any atom is 0.319 e. The normalized spacial score (nSPS) is 10.2. The summed E-state index contributed by atoms with van der Waals surface area (Å²) in [6.45, 7) is 0.887. The zero-order valence-electron chi connectivity index (χ0n) is 9.94. The number of aromatic nitrogens is 2. The van der Waals surface area contributed by atoms with E-state index in [2.05, 4.69) is 15.6 Å². The molecule has 0 radical (unpaired) electrons. The molecule has 1 heterocycles. The van der Waals surface area contributed by atoms with Crippen molar-refractivity contribution >= 4 is 11.7 Å². The lowest BCUT2D eigenvalue weighted by atomic mass is 10.3. The number of rotatable bonds is 4. The minimum absolute atomic E-state index is 0.194. The second-order valence-corrected chi connectivity index (χ2v) is 3.81. The van der Waals surface area contributed by atoms with Gasteiger partial charge >= 0.3 is 6.03 Å². The largest absolute Gasteiger partial charge is 0.336 e. The third-order valence-electron chi connectivity index (χ3n) is 2.39. The van der Waals surface area contributed by atoms with Gasteiger partial charge in [-0.2, -0.15) is 0 Å². The number of amides is 2. The van der Waals surface area contributed by atoms with Gasteiger partial charge in [0.2, 0.25) is 0 Å². The summed E-state index contributed by atoms with van der Waals surface area (Å²) >= 11 is 0. The molecule has 0 unspecified atom stereocenters. The van der Waals surface area contributed by atoms with E-state index in [0.29, 0.717) is 13.1 Å². The van der Waals surface area contributed by atoms with Gasteiger partial charge in [0.25, 0.3) is 0 Å². The molecule has 2 aromatic rings. The molecule has 0 fully saturated rings. The first-order chi connectivity index (χ1) is 9.15. The van der Waals surface area contributed by atoms with E-state index in [4.69, 9.17) is 0 Å². The average Bonchev–Trinajstić information content (AvgIpc) is 2.87. The van der Waals surface area contributed by atoms with Gasteiger partial charge in [-0.15, -0.1) is 0 Å². The third-order valence-corrected chi connectivity index (χ3v) is 2.39. The lowest BCUT2D eigenvalue weighted by Crippen LogP contribution is -2.31. The van der Waals surface area contributed by atoms with Crippen LogP contribution in [0.25, 0.3) is 0 Å². The first kappa shape index (κ1) is 13.0. The van der Waals surface area contributed by atoms with Gasteiger partial charge in [-0.05, 0) is 12.1 Å². The molecule has 2 amide bonds. The SMILES string of the molecule is O=C(NCCn1ccnc1)Nc1cc(F)ccc1F. The van der Waals surface area contributed by atoms with Crippen molar-refractivity contribution < 1.29 is 13.6 Å². The van der Waals surface area contributed by atoms with Crippen molar-refractivity contribution in [2.45, 2.75) is 6.54 Å². The zero-order chi connectivity index (χ0) is 13.7. The fourth-order valence-corrected chi connectivity index (χ4v) is 1.48. The molecule has 100 valence electrons. The summed E-state index contributed by atoms with van der Waals surface area (Å²) in [5, 5.41) is 4.77. The molecule has 1 aromatic carbocycles. The predicted octanol–water partition coefficient (Wildman–Crippen LogP) is 1.98. The van der Waals surface area contributed by atoms with Crippen LogP contribution in [0.5, 0.6) is 0 Å². The molecule has 0 aliphatic carbocycles. The lowest BCUT2D eigenvalue weighted by molar-refractivity contribution is 0.251. The molecular weight excluding hydrogens is 254 g/mol. The summed E-state index contributed by atoms with van der Waals surface area (Å²) in [5.74, 6) is -1.30. The van der Waals surface area contributed by atoms with E-state index < -0.39 is 17.7 Å². The summed E-state index contributed by atoms with van der Waals surface area (Å²) in [6.07, 6.45) is 5.00. The van der Waals surface area contributed by atoms with E-state index in [1.165, 1.54) is 0 Å². The maximum atomic E-state index is 13.3. The standard InChI is InChI=1S/C12H12F2N4O/c13-9-1-2-10(14)11(7-9)17-12(19)16-4-6-18-5-3-15-8-18/h1-3,5,7-8H,4,6H2,(H2,16,17,19). The van der Waals surface area contributed by atoms with Crippen LogP contribution in [0.2, 0.25) is 0 Å². The summed E-state index contributed by atoms with van der Waals surface area (Å²) in [4.78, 5) is 15.3. The van der Waals surface area contributed by atoms with E-state index in [-0.39, 0.29) is 5.69 Å². The van der Waals surface area contributed by atoms with Crippen molar-refractivity contribution in [3.05, 3.63) is 48.6 Å². The van der Waals surface area contributed by atoms with Crippen molar-refractivity contribution in [2.75, 3.05) is 11.9 Å². The highest BCUT2D eigenvalue weighted by Gasteiger charge is 2.07.